The van der Waals surface area contributed by atoms with Crippen molar-refractivity contribution in [2.45, 2.75) is 20.0 Å². The fourth-order valence-corrected chi connectivity index (χ4v) is 0.354. The summed E-state index contributed by atoms with van der Waals surface area (Å²) in [6, 6.07) is 0. The minimum absolute atomic E-state index is 0.452. The van der Waals surface area contributed by atoms with Crippen molar-refractivity contribution in [2.75, 3.05) is 0 Å². The molecule has 0 fully saturated rings. The smallest absolute Gasteiger partial charge is 0.108 e. The Morgan fingerprint density at radius 1 is 1.78 bits per heavy atom. The Hall–Kier alpha value is -0.410. The van der Waals surface area contributed by atoms with Crippen LogP contribution in [-0.4, -0.2) is 16.2 Å². The molecule has 0 radical (unpaired) electrons. The molecule has 0 aromatic carbocycles. The average molecular weight is 145 g/mol. The molecule has 1 unspecified atom stereocenters. The standard InChI is InChI=1S/C6H11NOS/c1-3-4-7-6(9)5(2)8/h3-5,8H,1-2H3,(H,7,9)/b4-3-. The molecule has 9 heavy (non-hydrogen) atoms. The first kappa shape index (κ1) is 8.59. The maximum Gasteiger partial charge on any atom is 0.108 e. The maximum atomic E-state index is 8.81. The summed E-state index contributed by atoms with van der Waals surface area (Å²) in [6.45, 7) is 3.50. The predicted molar refractivity (Wildman–Crippen MR) is 42.2 cm³/mol. The molecule has 1 atom stereocenters. The molecule has 2 N–H and O–H groups in total. The lowest BCUT2D eigenvalue weighted by atomic mass is 10.4. The summed E-state index contributed by atoms with van der Waals surface area (Å²) in [4.78, 5) is 0.452. The molecule has 0 amide bonds. The Morgan fingerprint density at radius 2 is 2.33 bits per heavy atom. The van der Waals surface area contributed by atoms with Gasteiger partial charge in [-0.25, -0.2) is 0 Å². The van der Waals surface area contributed by atoms with Gasteiger partial charge in [0.2, 0.25) is 0 Å². The van der Waals surface area contributed by atoms with Crippen LogP contribution in [-0.2, 0) is 0 Å². The zero-order valence-electron chi connectivity index (χ0n) is 5.59. The van der Waals surface area contributed by atoms with Gasteiger partial charge in [0.05, 0.1) is 0 Å². The second-order valence-corrected chi connectivity index (χ2v) is 2.12. The van der Waals surface area contributed by atoms with Crippen LogP contribution in [0.5, 0.6) is 0 Å². The highest BCUT2D eigenvalue weighted by Crippen LogP contribution is 1.82. The monoisotopic (exact) mass is 145 g/mol. The molecule has 0 aliphatic rings. The summed E-state index contributed by atoms with van der Waals surface area (Å²) >= 11 is 4.73. The molecule has 0 aliphatic carbocycles. The van der Waals surface area contributed by atoms with E-state index in [4.69, 9.17) is 17.3 Å². The molecule has 0 aromatic heterocycles. The van der Waals surface area contributed by atoms with Crippen LogP contribution in [0.3, 0.4) is 0 Å². The van der Waals surface area contributed by atoms with E-state index in [9.17, 15) is 0 Å². The van der Waals surface area contributed by atoms with E-state index in [0.717, 1.165) is 0 Å². The lowest BCUT2D eigenvalue weighted by Gasteiger charge is -2.03. The largest absolute Gasteiger partial charge is 0.386 e. The van der Waals surface area contributed by atoms with Crippen LogP contribution in [0, 0.1) is 0 Å². The van der Waals surface area contributed by atoms with Gasteiger partial charge in [-0.2, -0.15) is 0 Å². The van der Waals surface area contributed by atoms with Crippen molar-refractivity contribution in [1.29, 1.82) is 0 Å². The number of aliphatic hydroxyl groups excluding tert-OH is 1. The molecule has 0 bridgehead atoms. The molecule has 0 saturated heterocycles. The fraction of sp³-hybridized carbons (Fsp3) is 0.500. The normalized spacial score (nSPS) is 13.7. The van der Waals surface area contributed by atoms with E-state index in [1.165, 1.54) is 0 Å². The summed E-state index contributed by atoms with van der Waals surface area (Å²) in [5.41, 5.74) is 0. The van der Waals surface area contributed by atoms with Gasteiger partial charge in [-0.1, -0.05) is 18.3 Å². The summed E-state index contributed by atoms with van der Waals surface area (Å²) in [6.07, 6.45) is 2.94. The molecule has 0 rings (SSSR count). The third kappa shape index (κ3) is 4.12. The minimum atomic E-state index is -0.559. The van der Waals surface area contributed by atoms with Gasteiger partial charge in [-0.15, -0.1) is 0 Å². The summed E-state index contributed by atoms with van der Waals surface area (Å²) in [7, 11) is 0. The Kier molecular flexibility index (Phi) is 4.26. The van der Waals surface area contributed by atoms with E-state index >= 15 is 0 Å². The van der Waals surface area contributed by atoms with Crippen LogP contribution in [0.25, 0.3) is 0 Å². The van der Waals surface area contributed by atoms with Crippen molar-refractivity contribution in [3.8, 4) is 0 Å². The van der Waals surface area contributed by atoms with Crippen molar-refractivity contribution in [1.82, 2.24) is 5.32 Å². The summed E-state index contributed by atoms with van der Waals surface area (Å²) in [5.74, 6) is 0. The van der Waals surface area contributed by atoms with Crippen LogP contribution in [0.4, 0.5) is 0 Å². The summed E-state index contributed by atoms with van der Waals surface area (Å²) < 4.78 is 0. The third-order valence-corrected chi connectivity index (χ3v) is 1.23. The number of aliphatic hydroxyl groups is 1. The first-order valence-electron chi connectivity index (χ1n) is 2.78. The van der Waals surface area contributed by atoms with E-state index in [-0.39, 0.29) is 0 Å². The van der Waals surface area contributed by atoms with Gasteiger partial charge >= 0.3 is 0 Å². The summed E-state index contributed by atoms with van der Waals surface area (Å²) in [5, 5.41) is 11.5. The third-order valence-electron chi connectivity index (χ3n) is 0.772. The maximum absolute atomic E-state index is 8.81. The lowest BCUT2D eigenvalue weighted by molar-refractivity contribution is 0.262. The Labute approximate surface area is 60.6 Å². The van der Waals surface area contributed by atoms with Crippen LogP contribution < -0.4 is 5.32 Å². The fourth-order valence-electron chi connectivity index (χ4n) is 0.286. The second kappa shape index (κ2) is 4.47. The molecule has 0 heterocycles. The van der Waals surface area contributed by atoms with Gasteiger partial charge in [0, 0.05) is 0 Å². The molecule has 52 valence electrons. The van der Waals surface area contributed by atoms with Crippen LogP contribution >= 0.6 is 12.2 Å². The average Bonchev–Trinajstić information content (AvgIpc) is 1.82. The number of rotatable bonds is 2. The number of nitrogens with one attached hydrogen (secondary N) is 1. The number of hydrogen-bond acceptors (Lipinski definition) is 2. The van der Waals surface area contributed by atoms with Crippen LogP contribution in [0.15, 0.2) is 12.3 Å². The van der Waals surface area contributed by atoms with Gasteiger partial charge in [-0.3, -0.25) is 0 Å². The molecule has 0 aromatic rings. The highest BCUT2D eigenvalue weighted by Gasteiger charge is 1.98. The zero-order chi connectivity index (χ0) is 7.28. The Morgan fingerprint density at radius 3 is 2.67 bits per heavy atom. The highest BCUT2D eigenvalue weighted by molar-refractivity contribution is 7.80. The Bertz CT molecular complexity index is 120. The topological polar surface area (TPSA) is 32.3 Å². The lowest BCUT2D eigenvalue weighted by Crippen LogP contribution is -2.26. The van der Waals surface area contributed by atoms with E-state index in [0.29, 0.717) is 4.99 Å². The molecular formula is C6H11NOS. The quantitative estimate of drug-likeness (QED) is 0.564. The molecule has 0 spiro atoms. The van der Waals surface area contributed by atoms with Gasteiger partial charge in [0.25, 0.3) is 0 Å². The molecule has 3 heteroatoms. The molecule has 0 aliphatic heterocycles. The predicted octanol–water partition coefficient (Wildman–Crippen LogP) is 0.818. The van der Waals surface area contributed by atoms with Crippen molar-refractivity contribution < 1.29 is 5.11 Å². The highest BCUT2D eigenvalue weighted by atomic mass is 32.1. The Balaban J connectivity index is 3.51. The van der Waals surface area contributed by atoms with Crippen molar-refractivity contribution in [2.24, 2.45) is 0 Å². The molecule has 0 saturated carbocycles. The number of thiocarbonyl (C=S) groups is 1. The van der Waals surface area contributed by atoms with Gasteiger partial charge < -0.3 is 10.4 Å². The van der Waals surface area contributed by atoms with Crippen LogP contribution in [0.2, 0.25) is 0 Å². The van der Waals surface area contributed by atoms with E-state index in [1.807, 2.05) is 13.0 Å². The minimum Gasteiger partial charge on any atom is -0.386 e. The van der Waals surface area contributed by atoms with Crippen molar-refractivity contribution in [3.63, 3.8) is 0 Å². The SMILES string of the molecule is C/C=C\NC(=S)C(C)O. The first-order valence-corrected chi connectivity index (χ1v) is 3.19. The van der Waals surface area contributed by atoms with E-state index in [1.54, 1.807) is 13.1 Å². The van der Waals surface area contributed by atoms with Crippen molar-refractivity contribution in [3.05, 3.63) is 12.3 Å². The van der Waals surface area contributed by atoms with Gasteiger partial charge in [0.1, 0.15) is 11.1 Å². The molecule has 2 nitrogen and oxygen atoms in total. The van der Waals surface area contributed by atoms with E-state index in [2.05, 4.69) is 5.32 Å². The molecular weight excluding hydrogens is 134 g/mol. The van der Waals surface area contributed by atoms with Gasteiger partial charge in [0.15, 0.2) is 0 Å². The number of hydrogen-bond donors (Lipinski definition) is 2. The van der Waals surface area contributed by atoms with E-state index < -0.39 is 6.10 Å². The van der Waals surface area contributed by atoms with Gasteiger partial charge in [-0.05, 0) is 20.0 Å². The second-order valence-electron chi connectivity index (χ2n) is 1.68. The zero-order valence-corrected chi connectivity index (χ0v) is 6.40. The number of allylic oxidation sites excluding steroid dienone is 1. The van der Waals surface area contributed by atoms with Crippen LogP contribution in [0.1, 0.15) is 13.8 Å². The van der Waals surface area contributed by atoms with Crippen molar-refractivity contribution >= 4 is 17.2 Å². The first-order chi connectivity index (χ1) is 4.18.